The monoisotopic (exact) mass is 202 g/mol. The summed E-state index contributed by atoms with van der Waals surface area (Å²) in [6.07, 6.45) is 0. The van der Waals surface area contributed by atoms with E-state index in [9.17, 15) is 0 Å². The zero-order chi connectivity index (χ0) is 10.3. The van der Waals surface area contributed by atoms with Crippen molar-refractivity contribution in [2.45, 2.75) is 19.5 Å². The Hall–Kier alpha value is -1.51. The van der Waals surface area contributed by atoms with Crippen molar-refractivity contribution in [1.82, 2.24) is 4.90 Å². The van der Waals surface area contributed by atoms with Gasteiger partial charge in [0, 0.05) is 6.54 Å². The third kappa shape index (κ3) is 1.30. The Labute approximate surface area is 89.4 Å². The molecule has 0 radical (unpaired) electrons. The molecule has 2 heterocycles. The summed E-state index contributed by atoms with van der Waals surface area (Å²) in [6.45, 7) is 4.66. The summed E-state index contributed by atoms with van der Waals surface area (Å²) in [6, 6.07) is 9.76. The number of amidine groups is 1. The topological polar surface area (TPSA) is 24.8 Å². The van der Waals surface area contributed by atoms with Crippen LogP contribution in [0, 0.1) is 0 Å². The molecule has 0 N–H and O–H groups in total. The number of ether oxygens (including phenoxy) is 1. The van der Waals surface area contributed by atoms with Crippen molar-refractivity contribution in [1.29, 1.82) is 0 Å². The van der Waals surface area contributed by atoms with Crippen molar-refractivity contribution >= 4 is 6.02 Å². The molecule has 2 aliphatic heterocycles. The fourth-order valence-corrected chi connectivity index (χ4v) is 2.30. The number of hydrogen-bond donors (Lipinski definition) is 0. The van der Waals surface area contributed by atoms with E-state index in [1.165, 1.54) is 11.1 Å². The fourth-order valence-electron chi connectivity index (χ4n) is 2.30. The van der Waals surface area contributed by atoms with E-state index in [1.807, 2.05) is 0 Å². The number of nitrogens with zero attached hydrogens (tertiary/aromatic N) is 2. The Morgan fingerprint density at radius 2 is 2.27 bits per heavy atom. The SMILES string of the molecule is CC1c2ccccc2CN1C1=NCCO1. The van der Waals surface area contributed by atoms with Crippen LogP contribution in [0.5, 0.6) is 0 Å². The quantitative estimate of drug-likeness (QED) is 0.642. The van der Waals surface area contributed by atoms with E-state index in [2.05, 4.69) is 41.1 Å². The summed E-state index contributed by atoms with van der Waals surface area (Å²) < 4.78 is 5.51. The van der Waals surface area contributed by atoms with E-state index in [0.717, 1.165) is 25.7 Å². The third-order valence-corrected chi connectivity index (χ3v) is 3.13. The van der Waals surface area contributed by atoms with Crippen molar-refractivity contribution in [2.75, 3.05) is 13.2 Å². The van der Waals surface area contributed by atoms with Crippen LogP contribution in [0.3, 0.4) is 0 Å². The fraction of sp³-hybridized carbons (Fsp3) is 0.417. The van der Waals surface area contributed by atoms with Gasteiger partial charge in [-0.15, -0.1) is 0 Å². The summed E-state index contributed by atoms with van der Waals surface area (Å²) >= 11 is 0. The van der Waals surface area contributed by atoms with E-state index in [0.29, 0.717) is 6.04 Å². The van der Waals surface area contributed by atoms with Gasteiger partial charge in [0.15, 0.2) is 0 Å². The highest BCUT2D eigenvalue weighted by atomic mass is 16.5. The van der Waals surface area contributed by atoms with Crippen molar-refractivity contribution < 1.29 is 4.74 Å². The number of benzene rings is 1. The molecular weight excluding hydrogens is 188 g/mol. The van der Waals surface area contributed by atoms with Crippen LogP contribution in [-0.4, -0.2) is 24.1 Å². The second kappa shape index (κ2) is 3.26. The van der Waals surface area contributed by atoms with Gasteiger partial charge >= 0.3 is 0 Å². The van der Waals surface area contributed by atoms with E-state index < -0.39 is 0 Å². The van der Waals surface area contributed by atoms with E-state index >= 15 is 0 Å². The highest BCUT2D eigenvalue weighted by Gasteiger charge is 2.30. The zero-order valence-corrected chi connectivity index (χ0v) is 8.81. The number of rotatable bonds is 0. The molecule has 0 fully saturated rings. The smallest absolute Gasteiger partial charge is 0.288 e. The molecule has 0 bridgehead atoms. The molecule has 3 heteroatoms. The second-order valence-electron chi connectivity index (χ2n) is 4.02. The first kappa shape index (κ1) is 8.77. The molecule has 0 aromatic heterocycles. The van der Waals surface area contributed by atoms with Crippen molar-refractivity contribution in [3.8, 4) is 0 Å². The number of hydrogen-bond acceptors (Lipinski definition) is 3. The largest absolute Gasteiger partial charge is 0.463 e. The zero-order valence-electron chi connectivity index (χ0n) is 8.81. The highest BCUT2D eigenvalue weighted by Crippen LogP contribution is 2.33. The molecule has 1 aromatic rings. The average molecular weight is 202 g/mol. The molecule has 1 aromatic carbocycles. The van der Waals surface area contributed by atoms with Gasteiger partial charge in [-0.05, 0) is 18.1 Å². The van der Waals surface area contributed by atoms with Gasteiger partial charge in [0.25, 0.3) is 6.02 Å². The lowest BCUT2D eigenvalue weighted by atomic mass is 10.1. The number of aliphatic imine (C=N–C) groups is 1. The van der Waals surface area contributed by atoms with Gasteiger partial charge in [-0.3, -0.25) is 0 Å². The minimum Gasteiger partial charge on any atom is -0.463 e. The second-order valence-corrected chi connectivity index (χ2v) is 4.02. The first-order chi connectivity index (χ1) is 7.36. The van der Waals surface area contributed by atoms with Gasteiger partial charge in [-0.25, -0.2) is 4.99 Å². The Balaban J connectivity index is 1.92. The molecule has 15 heavy (non-hydrogen) atoms. The van der Waals surface area contributed by atoms with E-state index in [-0.39, 0.29) is 0 Å². The minimum atomic E-state index is 0.387. The molecule has 0 amide bonds. The van der Waals surface area contributed by atoms with Gasteiger partial charge < -0.3 is 9.64 Å². The summed E-state index contributed by atoms with van der Waals surface area (Å²) in [5.74, 6) is 0. The molecule has 2 aliphatic rings. The maximum Gasteiger partial charge on any atom is 0.288 e. The highest BCUT2D eigenvalue weighted by molar-refractivity contribution is 5.76. The molecule has 0 spiro atoms. The maximum absolute atomic E-state index is 5.51. The van der Waals surface area contributed by atoms with Crippen LogP contribution in [0.1, 0.15) is 24.1 Å². The van der Waals surface area contributed by atoms with Crippen molar-refractivity contribution in [3.05, 3.63) is 35.4 Å². The first-order valence-electron chi connectivity index (χ1n) is 5.38. The lowest BCUT2D eigenvalue weighted by Gasteiger charge is -2.22. The summed E-state index contributed by atoms with van der Waals surface area (Å²) in [5.41, 5.74) is 2.79. The molecular formula is C12H14N2O. The number of fused-ring (bicyclic) bond motifs is 1. The molecule has 3 nitrogen and oxygen atoms in total. The van der Waals surface area contributed by atoms with Crippen LogP contribution in [0.2, 0.25) is 0 Å². The standard InChI is InChI=1S/C12H14N2O/c1-9-11-5-3-2-4-10(11)8-14(9)12-13-6-7-15-12/h2-5,9H,6-8H2,1H3. The Morgan fingerprint density at radius 1 is 1.40 bits per heavy atom. The normalized spacial score (nSPS) is 23.7. The lowest BCUT2D eigenvalue weighted by Crippen LogP contribution is -2.28. The molecule has 3 rings (SSSR count). The first-order valence-corrected chi connectivity index (χ1v) is 5.38. The lowest BCUT2D eigenvalue weighted by molar-refractivity contribution is 0.241. The van der Waals surface area contributed by atoms with Gasteiger partial charge in [0.2, 0.25) is 0 Å². The predicted octanol–water partition coefficient (Wildman–Crippen LogP) is 1.95. The van der Waals surface area contributed by atoms with E-state index in [1.54, 1.807) is 0 Å². The van der Waals surface area contributed by atoms with Gasteiger partial charge in [0.1, 0.15) is 6.61 Å². The van der Waals surface area contributed by atoms with Crippen LogP contribution in [-0.2, 0) is 11.3 Å². The predicted molar refractivity (Wildman–Crippen MR) is 58.7 cm³/mol. The van der Waals surface area contributed by atoms with Crippen LogP contribution >= 0.6 is 0 Å². The van der Waals surface area contributed by atoms with Crippen LogP contribution in [0.25, 0.3) is 0 Å². The molecule has 0 saturated carbocycles. The third-order valence-electron chi connectivity index (χ3n) is 3.13. The van der Waals surface area contributed by atoms with E-state index in [4.69, 9.17) is 4.74 Å². The summed E-state index contributed by atoms with van der Waals surface area (Å²) in [7, 11) is 0. The van der Waals surface area contributed by atoms with Gasteiger partial charge in [-0.2, -0.15) is 0 Å². The summed E-state index contributed by atoms with van der Waals surface area (Å²) in [5, 5.41) is 0. The Kier molecular flexibility index (Phi) is 1.91. The molecule has 1 atom stereocenters. The van der Waals surface area contributed by atoms with Gasteiger partial charge in [-0.1, -0.05) is 24.3 Å². The maximum atomic E-state index is 5.51. The molecule has 0 aliphatic carbocycles. The van der Waals surface area contributed by atoms with Crippen molar-refractivity contribution in [3.63, 3.8) is 0 Å². The Bertz CT molecular complexity index is 414. The van der Waals surface area contributed by atoms with Crippen molar-refractivity contribution in [2.24, 2.45) is 4.99 Å². The molecule has 1 unspecified atom stereocenters. The van der Waals surface area contributed by atoms with Crippen LogP contribution < -0.4 is 0 Å². The van der Waals surface area contributed by atoms with Gasteiger partial charge in [0.05, 0.1) is 12.6 Å². The molecule has 78 valence electrons. The summed E-state index contributed by atoms with van der Waals surface area (Å²) in [4.78, 5) is 6.61. The molecule has 0 saturated heterocycles. The average Bonchev–Trinajstić information content (AvgIpc) is 2.87. The Morgan fingerprint density at radius 3 is 3.00 bits per heavy atom. The van der Waals surface area contributed by atoms with Crippen LogP contribution in [0.15, 0.2) is 29.3 Å². The van der Waals surface area contributed by atoms with Crippen LogP contribution in [0.4, 0.5) is 0 Å². The minimum absolute atomic E-state index is 0.387.